The van der Waals surface area contributed by atoms with Gasteiger partial charge in [-0.05, 0) is 45.8 Å². The lowest BCUT2D eigenvalue weighted by molar-refractivity contribution is 0.0922. The highest BCUT2D eigenvalue weighted by Gasteiger charge is 2.09. The van der Waals surface area contributed by atoms with E-state index < -0.39 is 0 Å². The number of nitrogens with zero attached hydrogens (tertiary/aromatic N) is 1. The van der Waals surface area contributed by atoms with Crippen LogP contribution in [0.5, 0.6) is 0 Å². The quantitative estimate of drug-likeness (QED) is 0.941. The number of carbonyl (C=O) groups excluding carboxylic acids is 1. The topological polar surface area (TPSA) is 45.5 Å². The van der Waals surface area contributed by atoms with Gasteiger partial charge in [-0.25, -0.2) is 0 Å². The normalized spacial score (nSPS) is 10.3. The molecule has 0 spiro atoms. The summed E-state index contributed by atoms with van der Waals surface area (Å²) in [6.07, 6.45) is 0. The highest BCUT2D eigenvalue weighted by Crippen LogP contribution is 2.14. The molecule has 2 aromatic rings. The third-order valence-electron chi connectivity index (χ3n) is 2.70. The molecule has 1 amide bonds. The molecule has 0 bridgehead atoms. The number of halogens is 1. The molecule has 0 saturated carbocycles. The van der Waals surface area contributed by atoms with Gasteiger partial charge in [-0.15, -0.1) is 0 Å². The molecular weight excluding hydrogens is 308 g/mol. The molecule has 0 aliphatic carbocycles. The molecule has 1 aromatic carbocycles. The number of benzene rings is 1. The second-order valence-corrected chi connectivity index (χ2v) is 5.13. The molecule has 0 radical (unpaired) electrons. The third kappa shape index (κ3) is 3.61. The Morgan fingerprint density at radius 3 is 2.42 bits per heavy atom. The summed E-state index contributed by atoms with van der Waals surface area (Å²) in [5, 5.41) is 2.81. The highest BCUT2D eigenvalue weighted by molar-refractivity contribution is 9.10. The minimum atomic E-state index is -0.220. The predicted molar refractivity (Wildman–Crippen MR) is 78.3 cm³/mol. The fraction of sp³-hybridized carbons (Fsp3) is 0.214. The van der Waals surface area contributed by atoms with Crippen LogP contribution in [0.3, 0.4) is 0 Å². The monoisotopic (exact) mass is 322 g/mol. The number of nitrogens with one attached hydrogen (secondary N) is 1. The molecule has 0 aliphatic rings. The number of hydrogen-bond donors (Lipinski definition) is 1. The smallest absolute Gasteiger partial charge is 0.287 e. The minimum absolute atomic E-state index is 0.220. The molecule has 2 rings (SSSR count). The van der Waals surface area contributed by atoms with Crippen LogP contribution in [0.15, 0.2) is 45.5 Å². The number of furan rings is 1. The molecule has 1 heterocycles. The van der Waals surface area contributed by atoms with Crippen LogP contribution in [0.25, 0.3) is 0 Å². The number of anilines is 1. The zero-order valence-corrected chi connectivity index (χ0v) is 12.4. The SMILES string of the molecule is CN(C)c1ccc(CNC(=O)c2ccc(Br)o2)cc1. The van der Waals surface area contributed by atoms with Crippen LogP contribution >= 0.6 is 15.9 Å². The lowest BCUT2D eigenvalue weighted by Crippen LogP contribution is -2.22. The van der Waals surface area contributed by atoms with Gasteiger partial charge in [0.1, 0.15) is 0 Å². The van der Waals surface area contributed by atoms with Gasteiger partial charge in [-0.3, -0.25) is 4.79 Å². The first-order chi connectivity index (χ1) is 9.06. The summed E-state index contributed by atoms with van der Waals surface area (Å²) >= 11 is 3.17. The molecule has 0 unspecified atom stereocenters. The van der Waals surface area contributed by atoms with Gasteiger partial charge in [-0.1, -0.05) is 12.1 Å². The number of rotatable bonds is 4. The van der Waals surface area contributed by atoms with Crippen LogP contribution in [-0.2, 0) is 6.54 Å². The van der Waals surface area contributed by atoms with E-state index in [9.17, 15) is 4.79 Å². The fourth-order valence-electron chi connectivity index (χ4n) is 1.62. The van der Waals surface area contributed by atoms with Crippen molar-refractivity contribution in [3.8, 4) is 0 Å². The van der Waals surface area contributed by atoms with E-state index in [2.05, 4.69) is 21.2 Å². The maximum absolute atomic E-state index is 11.8. The summed E-state index contributed by atoms with van der Waals surface area (Å²) < 4.78 is 5.73. The Morgan fingerprint density at radius 2 is 1.89 bits per heavy atom. The lowest BCUT2D eigenvalue weighted by Gasteiger charge is -2.12. The van der Waals surface area contributed by atoms with Crippen molar-refractivity contribution in [3.05, 3.63) is 52.4 Å². The maximum atomic E-state index is 11.8. The average Bonchev–Trinajstić information content (AvgIpc) is 2.83. The zero-order chi connectivity index (χ0) is 13.8. The Kier molecular flexibility index (Phi) is 4.27. The van der Waals surface area contributed by atoms with Crippen LogP contribution in [0, 0.1) is 0 Å². The first kappa shape index (κ1) is 13.7. The van der Waals surface area contributed by atoms with Crippen molar-refractivity contribution < 1.29 is 9.21 Å². The first-order valence-electron chi connectivity index (χ1n) is 5.86. The summed E-state index contributed by atoms with van der Waals surface area (Å²) in [5.74, 6) is 0.0826. The van der Waals surface area contributed by atoms with E-state index in [1.54, 1.807) is 12.1 Å². The molecule has 5 heteroatoms. The number of amides is 1. The summed E-state index contributed by atoms with van der Waals surface area (Å²) in [5.41, 5.74) is 2.18. The molecule has 0 saturated heterocycles. The highest BCUT2D eigenvalue weighted by atomic mass is 79.9. The Bertz CT molecular complexity index is 561. The van der Waals surface area contributed by atoms with Crippen LogP contribution in [0.1, 0.15) is 16.1 Å². The van der Waals surface area contributed by atoms with E-state index in [0.29, 0.717) is 17.0 Å². The molecule has 100 valence electrons. The summed E-state index contributed by atoms with van der Waals surface area (Å²) in [4.78, 5) is 13.8. The van der Waals surface area contributed by atoms with E-state index >= 15 is 0 Å². The first-order valence-corrected chi connectivity index (χ1v) is 6.65. The Balaban J connectivity index is 1.93. The number of hydrogen-bond acceptors (Lipinski definition) is 3. The van der Waals surface area contributed by atoms with E-state index in [4.69, 9.17) is 4.42 Å². The predicted octanol–water partition coefficient (Wildman–Crippen LogP) is 3.04. The van der Waals surface area contributed by atoms with Gasteiger partial charge >= 0.3 is 0 Å². The van der Waals surface area contributed by atoms with Gasteiger partial charge in [0, 0.05) is 26.3 Å². The molecular formula is C14H15BrN2O2. The Hall–Kier alpha value is -1.75. The van der Waals surface area contributed by atoms with Crippen LogP contribution in [-0.4, -0.2) is 20.0 Å². The van der Waals surface area contributed by atoms with Crippen molar-refractivity contribution in [2.45, 2.75) is 6.54 Å². The summed E-state index contributed by atoms with van der Waals surface area (Å²) in [7, 11) is 3.98. The standard InChI is InChI=1S/C14H15BrN2O2/c1-17(2)11-5-3-10(4-6-11)9-16-14(18)12-7-8-13(15)19-12/h3-8H,9H2,1-2H3,(H,16,18). The van der Waals surface area contributed by atoms with Crippen molar-refractivity contribution in [3.63, 3.8) is 0 Å². The minimum Gasteiger partial charge on any atom is -0.444 e. The van der Waals surface area contributed by atoms with E-state index in [1.807, 2.05) is 43.3 Å². The van der Waals surface area contributed by atoms with E-state index in [0.717, 1.165) is 11.3 Å². The van der Waals surface area contributed by atoms with Crippen LogP contribution in [0.4, 0.5) is 5.69 Å². The van der Waals surface area contributed by atoms with Gasteiger partial charge in [0.25, 0.3) is 5.91 Å². The molecule has 0 atom stereocenters. The van der Waals surface area contributed by atoms with Crippen molar-refractivity contribution >= 4 is 27.5 Å². The van der Waals surface area contributed by atoms with Gasteiger partial charge in [-0.2, -0.15) is 0 Å². The van der Waals surface area contributed by atoms with Crippen molar-refractivity contribution in [1.29, 1.82) is 0 Å². The average molecular weight is 323 g/mol. The van der Waals surface area contributed by atoms with Crippen LogP contribution < -0.4 is 10.2 Å². The molecule has 0 aliphatic heterocycles. The van der Waals surface area contributed by atoms with Crippen molar-refractivity contribution in [1.82, 2.24) is 5.32 Å². The maximum Gasteiger partial charge on any atom is 0.287 e. The van der Waals surface area contributed by atoms with Crippen LogP contribution in [0.2, 0.25) is 0 Å². The molecule has 1 aromatic heterocycles. The molecule has 0 fully saturated rings. The fourth-order valence-corrected chi connectivity index (χ4v) is 1.92. The van der Waals surface area contributed by atoms with Gasteiger partial charge < -0.3 is 14.6 Å². The van der Waals surface area contributed by atoms with Gasteiger partial charge in [0.15, 0.2) is 10.4 Å². The van der Waals surface area contributed by atoms with E-state index in [1.165, 1.54) is 0 Å². The van der Waals surface area contributed by atoms with Crippen molar-refractivity contribution in [2.75, 3.05) is 19.0 Å². The second-order valence-electron chi connectivity index (χ2n) is 4.35. The molecule has 4 nitrogen and oxygen atoms in total. The second kappa shape index (κ2) is 5.93. The van der Waals surface area contributed by atoms with Crippen molar-refractivity contribution in [2.24, 2.45) is 0 Å². The van der Waals surface area contributed by atoms with Gasteiger partial charge in [0.05, 0.1) is 0 Å². The number of carbonyl (C=O) groups is 1. The summed E-state index contributed by atoms with van der Waals surface area (Å²) in [6.45, 7) is 0.477. The Labute approximate surface area is 120 Å². The van der Waals surface area contributed by atoms with Gasteiger partial charge in [0.2, 0.25) is 0 Å². The Morgan fingerprint density at radius 1 is 1.21 bits per heavy atom. The summed E-state index contributed by atoms with van der Waals surface area (Å²) in [6, 6.07) is 11.4. The molecule has 1 N–H and O–H groups in total. The van der Waals surface area contributed by atoms with E-state index in [-0.39, 0.29) is 5.91 Å². The zero-order valence-electron chi connectivity index (χ0n) is 10.8. The third-order valence-corrected chi connectivity index (χ3v) is 3.13. The molecule has 19 heavy (non-hydrogen) atoms. The largest absolute Gasteiger partial charge is 0.444 e. The lowest BCUT2D eigenvalue weighted by atomic mass is 10.2.